The van der Waals surface area contributed by atoms with E-state index in [9.17, 15) is 0 Å². The van der Waals surface area contributed by atoms with Gasteiger partial charge in [-0.05, 0) is 38.5 Å². The first-order valence-electron chi connectivity index (χ1n) is 6.01. The van der Waals surface area contributed by atoms with Crippen molar-refractivity contribution in [2.24, 2.45) is 10.4 Å². The van der Waals surface area contributed by atoms with Crippen LogP contribution >= 0.6 is 0 Å². The largest absolute Gasteiger partial charge is 0.282 e. The molecule has 0 aromatic heterocycles. The van der Waals surface area contributed by atoms with Crippen LogP contribution in [0.25, 0.3) is 0 Å². The molecule has 0 amide bonds. The van der Waals surface area contributed by atoms with Crippen LogP contribution in [-0.4, -0.2) is 11.8 Å². The summed E-state index contributed by atoms with van der Waals surface area (Å²) in [5, 5.41) is 0. The minimum Gasteiger partial charge on any atom is -0.282 e. The molecule has 0 heterocycles. The van der Waals surface area contributed by atoms with E-state index in [0.29, 0.717) is 5.41 Å². The molecular weight excluding hydrogens is 182 g/mol. The minimum absolute atomic E-state index is 0.0305. The SMILES string of the molecule is [CH2]CCCC/[C]=N/C(C)(C)CC(C)(C)C. The number of hydrogen-bond acceptors (Lipinski definition) is 1. The van der Waals surface area contributed by atoms with E-state index in [1.165, 1.54) is 12.8 Å². The van der Waals surface area contributed by atoms with E-state index in [0.717, 1.165) is 19.3 Å². The maximum absolute atomic E-state index is 4.54. The fourth-order valence-electron chi connectivity index (χ4n) is 1.99. The zero-order chi connectivity index (χ0) is 11.9. The van der Waals surface area contributed by atoms with Crippen molar-refractivity contribution in [1.29, 1.82) is 0 Å². The van der Waals surface area contributed by atoms with Gasteiger partial charge < -0.3 is 0 Å². The van der Waals surface area contributed by atoms with Gasteiger partial charge in [0.25, 0.3) is 0 Å². The molecule has 0 bridgehead atoms. The lowest BCUT2D eigenvalue weighted by molar-refractivity contribution is 0.288. The normalized spacial score (nSPS) is 13.7. The van der Waals surface area contributed by atoms with Gasteiger partial charge in [0.15, 0.2) is 0 Å². The predicted molar refractivity (Wildman–Crippen MR) is 69.4 cm³/mol. The summed E-state index contributed by atoms with van der Waals surface area (Å²) < 4.78 is 0. The van der Waals surface area contributed by atoms with Gasteiger partial charge in [-0.15, -0.1) is 0 Å². The van der Waals surface area contributed by atoms with E-state index in [1.54, 1.807) is 0 Å². The van der Waals surface area contributed by atoms with E-state index >= 15 is 0 Å². The lowest BCUT2D eigenvalue weighted by Gasteiger charge is -2.28. The molecule has 0 unspecified atom stereocenters. The van der Waals surface area contributed by atoms with Crippen molar-refractivity contribution in [2.75, 3.05) is 0 Å². The minimum atomic E-state index is 0.0305. The summed E-state index contributed by atoms with van der Waals surface area (Å²) in [5.74, 6) is 0. The molecule has 0 fully saturated rings. The third-order valence-electron chi connectivity index (χ3n) is 2.13. The van der Waals surface area contributed by atoms with Crippen LogP contribution in [0.1, 0.15) is 66.7 Å². The average Bonchev–Trinajstić information content (AvgIpc) is 1.99. The molecule has 0 atom stereocenters. The zero-order valence-electron chi connectivity index (χ0n) is 11.2. The summed E-state index contributed by atoms with van der Waals surface area (Å²) >= 11 is 0. The van der Waals surface area contributed by atoms with E-state index in [4.69, 9.17) is 0 Å². The van der Waals surface area contributed by atoms with Crippen LogP contribution in [0.5, 0.6) is 0 Å². The molecule has 0 N–H and O–H groups in total. The predicted octanol–water partition coefficient (Wildman–Crippen LogP) is 4.54. The van der Waals surface area contributed by atoms with E-state index in [2.05, 4.69) is 52.7 Å². The first kappa shape index (κ1) is 14.7. The van der Waals surface area contributed by atoms with Crippen LogP contribution in [0, 0.1) is 12.3 Å². The lowest BCUT2D eigenvalue weighted by Crippen LogP contribution is -2.24. The summed E-state index contributed by atoms with van der Waals surface area (Å²) in [5.41, 5.74) is 0.366. The standard InChI is InChI=1S/C14H27N/c1-7-8-9-10-11-15-14(5,6)12-13(2,3)4/h1,7-10,12H2,2-6H3. The molecule has 1 heteroatoms. The third-order valence-corrected chi connectivity index (χ3v) is 2.13. The summed E-state index contributed by atoms with van der Waals surface area (Å²) in [6.45, 7) is 15.0. The Morgan fingerprint density at radius 1 is 1.07 bits per heavy atom. The molecule has 0 saturated carbocycles. The molecule has 15 heavy (non-hydrogen) atoms. The van der Waals surface area contributed by atoms with Crippen LogP contribution in [-0.2, 0) is 0 Å². The second kappa shape index (κ2) is 6.30. The van der Waals surface area contributed by atoms with Crippen molar-refractivity contribution in [1.82, 2.24) is 0 Å². The Bertz CT molecular complexity index is 184. The van der Waals surface area contributed by atoms with Gasteiger partial charge in [0.1, 0.15) is 0 Å². The highest BCUT2D eigenvalue weighted by Crippen LogP contribution is 2.29. The molecule has 1 nitrogen and oxygen atoms in total. The molecule has 0 aliphatic heterocycles. The zero-order valence-corrected chi connectivity index (χ0v) is 11.2. The molecule has 2 radical (unpaired) electrons. The molecular formula is C14H27N. The number of unbranched alkanes of at least 4 members (excludes halogenated alkanes) is 3. The van der Waals surface area contributed by atoms with Crippen molar-refractivity contribution in [2.45, 2.75) is 72.3 Å². The summed E-state index contributed by atoms with van der Waals surface area (Å²) in [4.78, 5) is 4.54. The molecule has 0 aromatic carbocycles. The monoisotopic (exact) mass is 209 g/mol. The lowest BCUT2D eigenvalue weighted by atomic mass is 9.82. The van der Waals surface area contributed by atoms with Crippen molar-refractivity contribution in [3.8, 4) is 0 Å². The van der Waals surface area contributed by atoms with Gasteiger partial charge in [0, 0.05) is 0 Å². The summed E-state index contributed by atoms with van der Waals surface area (Å²) in [6.07, 6.45) is 8.62. The van der Waals surface area contributed by atoms with Crippen LogP contribution < -0.4 is 0 Å². The van der Waals surface area contributed by atoms with Crippen LogP contribution in [0.15, 0.2) is 4.99 Å². The average molecular weight is 209 g/mol. The maximum Gasteiger partial charge on any atom is 0.0565 e. The molecule has 0 saturated heterocycles. The third kappa shape index (κ3) is 9.96. The Balaban J connectivity index is 3.91. The highest BCUT2D eigenvalue weighted by atomic mass is 14.8. The van der Waals surface area contributed by atoms with Gasteiger partial charge in [0.2, 0.25) is 0 Å². The quantitative estimate of drug-likeness (QED) is 0.450. The van der Waals surface area contributed by atoms with Gasteiger partial charge in [-0.3, -0.25) is 4.99 Å². The van der Waals surface area contributed by atoms with Crippen molar-refractivity contribution >= 4 is 6.21 Å². The highest BCUT2D eigenvalue weighted by molar-refractivity contribution is 5.57. The topological polar surface area (TPSA) is 12.4 Å². The van der Waals surface area contributed by atoms with Gasteiger partial charge in [-0.25, -0.2) is 0 Å². The number of aliphatic imine (C=N–C) groups is 1. The second-order valence-electron chi connectivity index (χ2n) is 6.13. The molecule has 88 valence electrons. The van der Waals surface area contributed by atoms with Crippen molar-refractivity contribution < 1.29 is 0 Å². The highest BCUT2D eigenvalue weighted by Gasteiger charge is 2.23. The van der Waals surface area contributed by atoms with Crippen molar-refractivity contribution in [3.05, 3.63) is 6.92 Å². The molecule has 0 aliphatic rings. The Hall–Kier alpha value is -0.330. The summed E-state index contributed by atoms with van der Waals surface area (Å²) in [7, 11) is 0. The summed E-state index contributed by atoms with van der Waals surface area (Å²) in [6, 6.07) is 0. The first-order chi connectivity index (χ1) is 6.77. The fourth-order valence-corrected chi connectivity index (χ4v) is 1.99. The number of hydrogen-bond donors (Lipinski definition) is 0. The smallest absolute Gasteiger partial charge is 0.0565 e. The van der Waals surface area contributed by atoms with Gasteiger partial charge in [0.05, 0.1) is 11.8 Å². The van der Waals surface area contributed by atoms with Crippen LogP contribution in [0.4, 0.5) is 0 Å². The number of nitrogens with zero attached hydrogens (tertiary/aromatic N) is 1. The molecule has 0 aliphatic carbocycles. The first-order valence-corrected chi connectivity index (χ1v) is 6.01. The van der Waals surface area contributed by atoms with Crippen LogP contribution in [0.3, 0.4) is 0 Å². The van der Waals surface area contributed by atoms with Gasteiger partial charge in [-0.2, -0.15) is 0 Å². The van der Waals surface area contributed by atoms with Gasteiger partial charge >= 0.3 is 0 Å². The van der Waals surface area contributed by atoms with Crippen LogP contribution in [0.2, 0.25) is 0 Å². The Morgan fingerprint density at radius 3 is 2.13 bits per heavy atom. The Kier molecular flexibility index (Phi) is 6.16. The Morgan fingerprint density at radius 2 is 1.67 bits per heavy atom. The molecule has 0 aromatic rings. The molecule has 0 rings (SSSR count). The Labute approximate surface area is 96.4 Å². The number of rotatable bonds is 6. The fraction of sp³-hybridized carbons (Fsp3) is 0.857. The second-order valence-corrected chi connectivity index (χ2v) is 6.13. The maximum atomic E-state index is 4.54. The van der Waals surface area contributed by atoms with Crippen molar-refractivity contribution in [3.63, 3.8) is 0 Å². The van der Waals surface area contributed by atoms with E-state index < -0.39 is 0 Å². The molecule has 0 spiro atoms. The van der Waals surface area contributed by atoms with Gasteiger partial charge in [-0.1, -0.05) is 40.5 Å². The van der Waals surface area contributed by atoms with E-state index in [-0.39, 0.29) is 5.54 Å². The van der Waals surface area contributed by atoms with E-state index in [1.807, 2.05) is 0 Å².